The van der Waals surface area contributed by atoms with Crippen LogP contribution in [0, 0.1) is 0 Å². The first-order valence-electron chi connectivity index (χ1n) is 4.89. The van der Waals surface area contributed by atoms with E-state index in [0.29, 0.717) is 19.8 Å². The van der Waals surface area contributed by atoms with Crippen LogP contribution >= 0.6 is 0 Å². The number of hydrogen-bond donors (Lipinski definition) is 2. The normalized spacial score (nSPS) is 9.86. The number of carbonyl (C=O) groups excluding carboxylic acids is 1. The average Bonchev–Trinajstić information content (AvgIpc) is 2.18. The van der Waals surface area contributed by atoms with Crippen molar-refractivity contribution in [3.63, 3.8) is 0 Å². The zero-order valence-electron chi connectivity index (χ0n) is 8.97. The smallest absolute Gasteiger partial charge is 0.316 e. The van der Waals surface area contributed by atoms with Crippen LogP contribution in [-0.4, -0.2) is 39.6 Å². The molecule has 0 aromatic carbocycles. The Morgan fingerprint density at radius 2 is 2.07 bits per heavy atom. The summed E-state index contributed by atoms with van der Waals surface area (Å²) in [6, 6.07) is -0.184. The molecule has 0 aromatic rings. The molecule has 0 aliphatic heterocycles. The minimum atomic E-state index is -0.184. The van der Waals surface area contributed by atoms with Crippen molar-refractivity contribution < 1.29 is 14.3 Å². The number of unbranched alkanes of at least 4 members (excludes halogenated alkanes) is 1. The topological polar surface area (TPSA) is 59.6 Å². The molecule has 5 heteroatoms. The minimum Gasteiger partial charge on any atom is -0.382 e. The van der Waals surface area contributed by atoms with Gasteiger partial charge < -0.3 is 20.1 Å². The van der Waals surface area contributed by atoms with E-state index in [1.807, 2.05) is 0 Å². The van der Waals surface area contributed by atoms with Crippen molar-refractivity contribution >= 4 is 6.03 Å². The van der Waals surface area contributed by atoms with Crippen molar-refractivity contribution in [2.24, 2.45) is 0 Å². The first kappa shape index (κ1) is 13.2. The number of carbonyl (C=O) groups is 1. The van der Waals surface area contributed by atoms with Crippen LogP contribution in [0.3, 0.4) is 0 Å². The van der Waals surface area contributed by atoms with E-state index in [-0.39, 0.29) is 12.8 Å². The average molecular weight is 204 g/mol. The highest BCUT2D eigenvalue weighted by molar-refractivity contribution is 5.73. The molecule has 0 saturated carbocycles. The third kappa shape index (κ3) is 9.28. The van der Waals surface area contributed by atoms with Gasteiger partial charge in [0.2, 0.25) is 0 Å². The molecule has 0 saturated heterocycles. The van der Waals surface area contributed by atoms with E-state index >= 15 is 0 Å². The molecule has 5 nitrogen and oxygen atoms in total. The predicted molar refractivity (Wildman–Crippen MR) is 54.1 cm³/mol. The second-order valence-corrected chi connectivity index (χ2v) is 2.83. The summed E-state index contributed by atoms with van der Waals surface area (Å²) in [4.78, 5) is 11.0. The molecular formula is C9H20N2O3. The molecule has 0 aliphatic rings. The molecule has 2 amide bonds. The molecule has 0 aliphatic carbocycles. The Labute approximate surface area is 85.1 Å². The molecule has 0 spiro atoms. The van der Waals surface area contributed by atoms with Crippen LogP contribution in [0.4, 0.5) is 4.79 Å². The number of ether oxygens (including phenoxy) is 2. The highest BCUT2D eigenvalue weighted by Gasteiger charge is 1.96. The standard InChI is InChI=1S/C9H20N2O3/c1-3-4-5-10-9(12)11-8-14-7-6-13-2/h3-8H2,1-2H3,(H2,10,11,12). The minimum absolute atomic E-state index is 0.184. The molecule has 0 heterocycles. The summed E-state index contributed by atoms with van der Waals surface area (Å²) >= 11 is 0. The summed E-state index contributed by atoms with van der Waals surface area (Å²) in [5, 5.41) is 5.29. The molecular weight excluding hydrogens is 184 g/mol. The molecule has 0 unspecified atom stereocenters. The van der Waals surface area contributed by atoms with Gasteiger partial charge in [0.05, 0.1) is 13.2 Å². The van der Waals surface area contributed by atoms with Gasteiger partial charge >= 0.3 is 6.03 Å². The van der Waals surface area contributed by atoms with Crippen molar-refractivity contribution in [2.45, 2.75) is 19.8 Å². The lowest BCUT2D eigenvalue weighted by Gasteiger charge is -2.07. The van der Waals surface area contributed by atoms with Crippen LogP contribution in [0.2, 0.25) is 0 Å². The van der Waals surface area contributed by atoms with Crippen LogP contribution in [0.5, 0.6) is 0 Å². The third-order valence-corrected chi connectivity index (χ3v) is 1.58. The fraction of sp³-hybridized carbons (Fsp3) is 0.889. The highest BCUT2D eigenvalue weighted by atomic mass is 16.5. The summed E-state index contributed by atoms with van der Waals surface area (Å²) in [5.41, 5.74) is 0. The van der Waals surface area contributed by atoms with E-state index in [1.165, 1.54) is 0 Å². The van der Waals surface area contributed by atoms with Gasteiger partial charge in [-0.1, -0.05) is 13.3 Å². The summed E-state index contributed by atoms with van der Waals surface area (Å²) in [6.07, 6.45) is 2.07. The molecule has 0 aromatic heterocycles. The van der Waals surface area contributed by atoms with Crippen LogP contribution in [0.25, 0.3) is 0 Å². The lowest BCUT2D eigenvalue weighted by atomic mass is 10.3. The Kier molecular flexibility index (Phi) is 9.68. The molecule has 0 fully saturated rings. The maximum absolute atomic E-state index is 11.0. The maximum atomic E-state index is 11.0. The zero-order chi connectivity index (χ0) is 10.6. The van der Waals surface area contributed by atoms with E-state index in [2.05, 4.69) is 17.6 Å². The van der Waals surface area contributed by atoms with Gasteiger partial charge in [-0.05, 0) is 6.42 Å². The molecule has 0 bridgehead atoms. The number of amides is 2. The van der Waals surface area contributed by atoms with Crippen molar-refractivity contribution in [2.75, 3.05) is 33.6 Å². The van der Waals surface area contributed by atoms with Gasteiger partial charge in [-0.25, -0.2) is 4.79 Å². The SMILES string of the molecule is CCCCNC(=O)NCOCCOC. The van der Waals surface area contributed by atoms with E-state index in [0.717, 1.165) is 12.8 Å². The number of hydrogen-bond acceptors (Lipinski definition) is 3. The van der Waals surface area contributed by atoms with Crippen molar-refractivity contribution in [1.82, 2.24) is 10.6 Å². The van der Waals surface area contributed by atoms with E-state index < -0.39 is 0 Å². The number of methoxy groups -OCH3 is 1. The third-order valence-electron chi connectivity index (χ3n) is 1.58. The lowest BCUT2D eigenvalue weighted by Crippen LogP contribution is -2.37. The number of urea groups is 1. The van der Waals surface area contributed by atoms with Crippen molar-refractivity contribution in [3.05, 3.63) is 0 Å². The molecule has 14 heavy (non-hydrogen) atoms. The summed E-state index contributed by atoms with van der Waals surface area (Å²) in [5.74, 6) is 0. The Morgan fingerprint density at radius 1 is 1.29 bits per heavy atom. The van der Waals surface area contributed by atoms with Gasteiger partial charge in [-0.2, -0.15) is 0 Å². The van der Waals surface area contributed by atoms with Gasteiger partial charge in [-0.3, -0.25) is 0 Å². The second-order valence-electron chi connectivity index (χ2n) is 2.83. The zero-order valence-corrected chi connectivity index (χ0v) is 8.97. The molecule has 0 rings (SSSR count). The predicted octanol–water partition coefficient (Wildman–Crippen LogP) is 0.706. The van der Waals surface area contributed by atoms with Gasteiger partial charge in [-0.15, -0.1) is 0 Å². The quantitative estimate of drug-likeness (QED) is 0.452. The number of rotatable bonds is 8. The van der Waals surface area contributed by atoms with Gasteiger partial charge in [0.25, 0.3) is 0 Å². The Bertz CT molecular complexity index is 142. The van der Waals surface area contributed by atoms with E-state index in [4.69, 9.17) is 9.47 Å². The lowest BCUT2D eigenvalue weighted by molar-refractivity contribution is 0.0642. The Hall–Kier alpha value is -0.810. The maximum Gasteiger partial charge on any atom is 0.316 e. The number of nitrogens with one attached hydrogen (secondary N) is 2. The van der Waals surface area contributed by atoms with Crippen LogP contribution in [0.1, 0.15) is 19.8 Å². The largest absolute Gasteiger partial charge is 0.382 e. The summed E-state index contributed by atoms with van der Waals surface area (Å²) in [7, 11) is 1.61. The van der Waals surface area contributed by atoms with Crippen LogP contribution in [0.15, 0.2) is 0 Å². The van der Waals surface area contributed by atoms with Crippen LogP contribution < -0.4 is 10.6 Å². The fourth-order valence-electron chi connectivity index (χ4n) is 0.772. The highest BCUT2D eigenvalue weighted by Crippen LogP contribution is 1.81. The van der Waals surface area contributed by atoms with Crippen LogP contribution in [-0.2, 0) is 9.47 Å². The van der Waals surface area contributed by atoms with E-state index in [1.54, 1.807) is 7.11 Å². The van der Waals surface area contributed by atoms with Crippen molar-refractivity contribution in [1.29, 1.82) is 0 Å². The first-order chi connectivity index (χ1) is 6.81. The first-order valence-corrected chi connectivity index (χ1v) is 4.89. The molecule has 0 atom stereocenters. The summed E-state index contributed by atoms with van der Waals surface area (Å²) < 4.78 is 9.83. The molecule has 2 N–H and O–H groups in total. The fourth-order valence-corrected chi connectivity index (χ4v) is 0.772. The van der Waals surface area contributed by atoms with E-state index in [9.17, 15) is 4.79 Å². The monoisotopic (exact) mass is 204 g/mol. The van der Waals surface area contributed by atoms with Crippen molar-refractivity contribution in [3.8, 4) is 0 Å². The molecule has 0 radical (unpaired) electrons. The molecule has 84 valence electrons. The Morgan fingerprint density at radius 3 is 2.71 bits per heavy atom. The van der Waals surface area contributed by atoms with Gasteiger partial charge in [0.1, 0.15) is 6.73 Å². The van der Waals surface area contributed by atoms with Gasteiger partial charge in [0.15, 0.2) is 0 Å². The van der Waals surface area contributed by atoms with Gasteiger partial charge in [0, 0.05) is 13.7 Å². The summed E-state index contributed by atoms with van der Waals surface area (Å²) in [6.45, 7) is 4.04. The Balaban J connectivity index is 3.10. The second kappa shape index (κ2) is 10.3.